The molecule has 5 heteroatoms. The zero-order valence-electron chi connectivity index (χ0n) is 11.4. The molecule has 0 fully saturated rings. The Hall–Kier alpha value is -2.30. The van der Waals surface area contributed by atoms with Gasteiger partial charge < -0.3 is 14.6 Å². The minimum absolute atomic E-state index is 0.00680. The number of nitrogens with one attached hydrogen (secondary N) is 1. The number of rotatable bonds is 3. The highest BCUT2D eigenvalue weighted by atomic mass is 16.5. The van der Waals surface area contributed by atoms with Crippen molar-refractivity contribution in [1.82, 2.24) is 14.9 Å². The number of carbonyl (C=O) groups excluding carboxylic acids is 1. The van der Waals surface area contributed by atoms with Crippen LogP contribution in [0.25, 0.3) is 0 Å². The molecule has 3 rings (SSSR count). The van der Waals surface area contributed by atoms with Crippen LogP contribution in [0.15, 0.2) is 36.8 Å². The number of amides is 1. The lowest BCUT2D eigenvalue weighted by molar-refractivity contribution is 0.0915. The van der Waals surface area contributed by atoms with E-state index in [1.807, 2.05) is 35.8 Å². The van der Waals surface area contributed by atoms with Gasteiger partial charge in [-0.2, -0.15) is 0 Å². The summed E-state index contributed by atoms with van der Waals surface area (Å²) in [6.45, 7) is 3.34. The summed E-state index contributed by atoms with van der Waals surface area (Å²) in [4.78, 5) is 16.4. The van der Waals surface area contributed by atoms with Crippen molar-refractivity contribution < 1.29 is 9.53 Å². The van der Waals surface area contributed by atoms with Gasteiger partial charge in [-0.25, -0.2) is 4.98 Å². The predicted octanol–water partition coefficient (Wildman–Crippen LogP) is 2.16. The Morgan fingerprint density at radius 2 is 2.35 bits per heavy atom. The number of imidazole rings is 1. The molecule has 1 aliphatic heterocycles. The van der Waals surface area contributed by atoms with Crippen molar-refractivity contribution in [1.29, 1.82) is 0 Å². The molecule has 0 saturated heterocycles. The van der Waals surface area contributed by atoms with Gasteiger partial charge in [-0.15, -0.1) is 0 Å². The van der Waals surface area contributed by atoms with Crippen LogP contribution in [0.5, 0.6) is 5.75 Å². The number of ether oxygens (including phenoxy) is 1. The van der Waals surface area contributed by atoms with Gasteiger partial charge in [0.1, 0.15) is 11.4 Å². The van der Waals surface area contributed by atoms with E-state index in [4.69, 9.17) is 4.74 Å². The van der Waals surface area contributed by atoms with Crippen LogP contribution in [0.1, 0.15) is 35.4 Å². The lowest BCUT2D eigenvalue weighted by atomic mass is 10.0. The molecule has 2 aromatic rings. The van der Waals surface area contributed by atoms with E-state index in [0.717, 1.165) is 24.3 Å². The number of hydrogen-bond donors (Lipinski definition) is 1. The summed E-state index contributed by atoms with van der Waals surface area (Å²) in [7, 11) is 0. The summed E-state index contributed by atoms with van der Waals surface area (Å²) in [6.07, 6.45) is 4.06. The van der Waals surface area contributed by atoms with Gasteiger partial charge in [0, 0.05) is 18.5 Å². The number of carbonyl (C=O) groups is 1. The minimum Gasteiger partial charge on any atom is -0.493 e. The van der Waals surface area contributed by atoms with E-state index in [1.165, 1.54) is 0 Å². The summed E-state index contributed by atoms with van der Waals surface area (Å²) in [5.74, 6) is 0.763. The summed E-state index contributed by atoms with van der Waals surface area (Å²) < 4.78 is 7.44. The first-order valence-electron chi connectivity index (χ1n) is 6.82. The van der Waals surface area contributed by atoms with Crippen LogP contribution < -0.4 is 10.1 Å². The Bertz CT molecular complexity index is 621. The summed E-state index contributed by atoms with van der Waals surface area (Å²) in [6, 6.07) is 7.83. The van der Waals surface area contributed by atoms with Gasteiger partial charge in [-0.05, 0) is 13.0 Å². The topological polar surface area (TPSA) is 56.2 Å². The molecule has 104 valence electrons. The van der Waals surface area contributed by atoms with Gasteiger partial charge in [0.05, 0.1) is 25.2 Å². The van der Waals surface area contributed by atoms with Crippen molar-refractivity contribution in [3.05, 3.63) is 48.0 Å². The summed E-state index contributed by atoms with van der Waals surface area (Å²) in [5, 5.41) is 3.07. The van der Waals surface area contributed by atoms with E-state index in [1.54, 1.807) is 12.5 Å². The number of aryl methyl sites for hydroxylation is 1. The molecule has 0 saturated carbocycles. The van der Waals surface area contributed by atoms with Crippen molar-refractivity contribution in [2.45, 2.75) is 25.9 Å². The van der Waals surface area contributed by atoms with Crippen molar-refractivity contribution in [2.75, 3.05) is 6.61 Å². The van der Waals surface area contributed by atoms with Crippen molar-refractivity contribution >= 4 is 5.91 Å². The maximum absolute atomic E-state index is 12.4. The Morgan fingerprint density at radius 1 is 1.50 bits per heavy atom. The molecule has 1 N–H and O–H groups in total. The average molecular weight is 271 g/mol. The fourth-order valence-electron chi connectivity index (χ4n) is 2.49. The molecule has 20 heavy (non-hydrogen) atoms. The van der Waals surface area contributed by atoms with E-state index >= 15 is 0 Å². The van der Waals surface area contributed by atoms with E-state index in [2.05, 4.69) is 10.3 Å². The number of benzene rings is 1. The highest BCUT2D eigenvalue weighted by Crippen LogP contribution is 2.31. The van der Waals surface area contributed by atoms with E-state index in [-0.39, 0.29) is 11.9 Å². The van der Waals surface area contributed by atoms with Gasteiger partial charge in [-0.1, -0.05) is 18.2 Å². The summed E-state index contributed by atoms with van der Waals surface area (Å²) >= 11 is 0. The molecule has 1 aliphatic rings. The standard InChI is InChI=1S/C15H17N3O2/c1-2-18-10-16-9-13(18)15(19)17-12-7-8-20-14-6-4-3-5-11(12)14/h3-6,9-10,12H,2,7-8H2,1H3,(H,17,19)/t12-/m1/s1. The zero-order valence-corrected chi connectivity index (χ0v) is 11.4. The molecule has 5 nitrogen and oxygen atoms in total. The van der Waals surface area contributed by atoms with Crippen LogP contribution in [0.4, 0.5) is 0 Å². The molecule has 0 aliphatic carbocycles. The lowest BCUT2D eigenvalue weighted by Gasteiger charge is -2.26. The smallest absolute Gasteiger partial charge is 0.270 e. The highest BCUT2D eigenvalue weighted by molar-refractivity contribution is 5.92. The van der Waals surface area contributed by atoms with E-state index < -0.39 is 0 Å². The fraction of sp³-hybridized carbons (Fsp3) is 0.333. The molecule has 0 spiro atoms. The monoisotopic (exact) mass is 271 g/mol. The molecule has 1 aromatic carbocycles. The quantitative estimate of drug-likeness (QED) is 0.930. The minimum atomic E-state index is -0.0916. The largest absolute Gasteiger partial charge is 0.493 e. The van der Waals surface area contributed by atoms with E-state index in [0.29, 0.717) is 12.3 Å². The van der Waals surface area contributed by atoms with Crippen LogP contribution in [0.2, 0.25) is 0 Å². The van der Waals surface area contributed by atoms with Gasteiger partial charge in [-0.3, -0.25) is 4.79 Å². The Labute approximate surface area is 117 Å². The van der Waals surface area contributed by atoms with Crippen LogP contribution in [-0.2, 0) is 6.54 Å². The van der Waals surface area contributed by atoms with Crippen molar-refractivity contribution in [2.24, 2.45) is 0 Å². The summed E-state index contributed by atoms with van der Waals surface area (Å²) in [5.41, 5.74) is 1.63. The number of aromatic nitrogens is 2. The third kappa shape index (κ3) is 2.27. The second kappa shape index (κ2) is 5.36. The molecular formula is C15H17N3O2. The molecule has 0 radical (unpaired) electrons. The predicted molar refractivity (Wildman–Crippen MR) is 74.7 cm³/mol. The Morgan fingerprint density at radius 3 is 3.20 bits per heavy atom. The van der Waals surface area contributed by atoms with Crippen LogP contribution in [-0.4, -0.2) is 22.1 Å². The number of nitrogens with zero attached hydrogens (tertiary/aromatic N) is 2. The molecule has 1 amide bonds. The number of para-hydroxylation sites is 1. The second-order valence-electron chi connectivity index (χ2n) is 4.77. The first-order chi connectivity index (χ1) is 9.79. The molecule has 1 aromatic heterocycles. The Kier molecular flexibility index (Phi) is 3.41. The van der Waals surface area contributed by atoms with Crippen LogP contribution >= 0.6 is 0 Å². The van der Waals surface area contributed by atoms with Crippen LogP contribution in [0, 0.1) is 0 Å². The number of hydrogen-bond acceptors (Lipinski definition) is 3. The fourth-order valence-corrected chi connectivity index (χ4v) is 2.49. The van der Waals surface area contributed by atoms with Gasteiger partial charge in [0.25, 0.3) is 5.91 Å². The average Bonchev–Trinajstić information content (AvgIpc) is 2.96. The van der Waals surface area contributed by atoms with Gasteiger partial charge in [0.2, 0.25) is 0 Å². The third-order valence-electron chi connectivity index (χ3n) is 3.55. The molecule has 0 bridgehead atoms. The third-order valence-corrected chi connectivity index (χ3v) is 3.55. The first kappa shape index (κ1) is 12.7. The normalized spacial score (nSPS) is 17.1. The van der Waals surface area contributed by atoms with Crippen molar-refractivity contribution in [3.63, 3.8) is 0 Å². The van der Waals surface area contributed by atoms with Crippen LogP contribution in [0.3, 0.4) is 0 Å². The molecular weight excluding hydrogens is 254 g/mol. The maximum Gasteiger partial charge on any atom is 0.270 e. The van der Waals surface area contributed by atoms with E-state index in [9.17, 15) is 4.79 Å². The molecule has 1 atom stereocenters. The van der Waals surface area contributed by atoms with Crippen molar-refractivity contribution in [3.8, 4) is 5.75 Å². The second-order valence-corrected chi connectivity index (χ2v) is 4.77. The van der Waals surface area contributed by atoms with Gasteiger partial charge >= 0.3 is 0 Å². The Balaban J connectivity index is 1.81. The molecule has 0 unspecified atom stereocenters. The number of fused-ring (bicyclic) bond motifs is 1. The maximum atomic E-state index is 12.4. The zero-order chi connectivity index (χ0) is 13.9. The SMILES string of the molecule is CCn1cncc1C(=O)N[C@@H]1CCOc2ccccc21. The highest BCUT2D eigenvalue weighted by Gasteiger charge is 2.24. The van der Waals surface area contributed by atoms with Gasteiger partial charge in [0.15, 0.2) is 0 Å². The first-order valence-corrected chi connectivity index (χ1v) is 6.82. The lowest BCUT2D eigenvalue weighted by Crippen LogP contribution is -2.33. The molecule has 2 heterocycles.